The standard InChI is InChI=1S/C13H22N2O4S/c1-9-12(8-14)13(10(2)19-9)20(16,17)15-6-5-11-4-3-7-18-11/h11,15H,3-8,14H2,1-2H3. The molecule has 1 aromatic heterocycles. The third kappa shape index (κ3) is 3.22. The zero-order chi connectivity index (χ0) is 14.8. The Labute approximate surface area is 119 Å². The van der Waals surface area contributed by atoms with Crippen LogP contribution in [0.3, 0.4) is 0 Å². The molecule has 0 amide bonds. The van der Waals surface area contributed by atoms with E-state index in [0.717, 1.165) is 19.4 Å². The maximum Gasteiger partial charge on any atom is 0.244 e. The molecular weight excluding hydrogens is 280 g/mol. The van der Waals surface area contributed by atoms with Gasteiger partial charge in [-0.3, -0.25) is 0 Å². The minimum absolute atomic E-state index is 0.144. The third-order valence-corrected chi connectivity index (χ3v) is 5.24. The van der Waals surface area contributed by atoms with Crippen LogP contribution in [-0.2, 0) is 21.3 Å². The molecule has 0 saturated carbocycles. The van der Waals surface area contributed by atoms with Gasteiger partial charge < -0.3 is 14.9 Å². The summed E-state index contributed by atoms with van der Waals surface area (Å²) in [6, 6.07) is 0. The first kappa shape index (κ1) is 15.5. The van der Waals surface area contributed by atoms with Crippen molar-refractivity contribution < 1.29 is 17.6 Å². The number of nitrogens with two attached hydrogens (primary N) is 1. The zero-order valence-electron chi connectivity index (χ0n) is 11.9. The summed E-state index contributed by atoms with van der Waals surface area (Å²) in [5.41, 5.74) is 6.17. The predicted molar refractivity (Wildman–Crippen MR) is 74.9 cm³/mol. The lowest BCUT2D eigenvalue weighted by Crippen LogP contribution is -2.28. The molecule has 2 heterocycles. The van der Waals surface area contributed by atoms with E-state index in [9.17, 15) is 8.42 Å². The van der Waals surface area contributed by atoms with Gasteiger partial charge in [0, 0.05) is 25.3 Å². The van der Waals surface area contributed by atoms with Crippen molar-refractivity contribution in [3.05, 3.63) is 17.1 Å². The number of furan rings is 1. The van der Waals surface area contributed by atoms with E-state index in [1.54, 1.807) is 13.8 Å². The van der Waals surface area contributed by atoms with Gasteiger partial charge in [0.2, 0.25) is 10.0 Å². The Morgan fingerprint density at radius 2 is 2.10 bits per heavy atom. The molecule has 2 rings (SSSR count). The fourth-order valence-electron chi connectivity index (χ4n) is 2.60. The highest BCUT2D eigenvalue weighted by Crippen LogP contribution is 2.26. The van der Waals surface area contributed by atoms with Gasteiger partial charge >= 0.3 is 0 Å². The van der Waals surface area contributed by atoms with Crippen LogP contribution in [0.25, 0.3) is 0 Å². The van der Waals surface area contributed by atoms with Crippen LogP contribution in [0.2, 0.25) is 0 Å². The smallest absolute Gasteiger partial charge is 0.244 e. The number of ether oxygens (including phenoxy) is 1. The van der Waals surface area contributed by atoms with Gasteiger partial charge in [0.05, 0.1) is 6.10 Å². The Hall–Kier alpha value is -0.890. The molecule has 0 bridgehead atoms. The Morgan fingerprint density at radius 1 is 1.35 bits per heavy atom. The van der Waals surface area contributed by atoms with Gasteiger partial charge in [0.15, 0.2) is 0 Å². The highest BCUT2D eigenvalue weighted by atomic mass is 32.2. The Balaban J connectivity index is 2.06. The maximum absolute atomic E-state index is 12.4. The van der Waals surface area contributed by atoms with Crippen LogP contribution in [-0.4, -0.2) is 27.7 Å². The summed E-state index contributed by atoms with van der Waals surface area (Å²) in [4.78, 5) is 0.185. The van der Waals surface area contributed by atoms with Crippen LogP contribution in [0.15, 0.2) is 9.31 Å². The van der Waals surface area contributed by atoms with E-state index < -0.39 is 10.0 Å². The van der Waals surface area contributed by atoms with Crippen LogP contribution in [0, 0.1) is 13.8 Å². The molecule has 114 valence electrons. The van der Waals surface area contributed by atoms with E-state index >= 15 is 0 Å². The summed E-state index contributed by atoms with van der Waals surface area (Å²) >= 11 is 0. The fraction of sp³-hybridized carbons (Fsp3) is 0.692. The SMILES string of the molecule is Cc1oc(C)c(S(=O)(=O)NCCC2CCCO2)c1CN. The minimum Gasteiger partial charge on any atom is -0.465 e. The number of aryl methyl sites for hydroxylation is 2. The van der Waals surface area contributed by atoms with Crippen LogP contribution in [0.5, 0.6) is 0 Å². The summed E-state index contributed by atoms with van der Waals surface area (Å²) in [6.45, 7) is 4.64. The van der Waals surface area contributed by atoms with Crippen LogP contribution in [0.4, 0.5) is 0 Å². The monoisotopic (exact) mass is 302 g/mol. The Kier molecular flexibility index (Phi) is 4.85. The Morgan fingerprint density at radius 3 is 2.70 bits per heavy atom. The molecule has 1 unspecified atom stereocenters. The average molecular weight is 302 g/mol. The first-order valence-electron chi connectivity index (χ1n) is 6.86. The van der Waals surface area contributed by atoms with E-state index in [4.69, 9.17) is 14.9 Å². The lowest BCUT2D eigenvalue weighted by molar-refractivity contribution is 0.105. The average Bonchev–Trinajstić information content (AvgIpc) is 2.96. The van der Waals surface area contributed by atoms with Crippen molar-refractivity contribution in [2.45, 2.75) is 50.7 Å². The highest BCUT2D eigenvalue weighted by Gasteiger charge is 2.26. The molecule has 0 radical (unpaired) electrons. The lowest BCUT2D eigenvalue weighted by atomic mass is 10.2. The van der Waals surface area contributed by atoms with Gasteiger partial charge in [-0.25, -0.2) is 13.1 Å². The van der Waals surface area contributed by atoms with Gasteiger partial charge in [0.1, 0.15) is 16.4 Å². The molecule has 1 aliphatic rings. The van der Waals surface area contributed by atoms with Crippen molar-refractivity contribution in [2.75, 3.05) is 13.2 Å². The van der Waals surface area contributed by atoms with Gasteiger partial charge in [-0.15, -0.1) is 0 Å². The lowest BCUT2D eigenvalue weighted by Gasteiger charge is -2.11. The van der Waals surface area contributed by atoms with Crippen molar-refractivity contribution in [1.29, 1.82) is 0 Å². The molecule has 1 atom stereocenters. The van der Waals surface area contributed by atoms with Crippen molar-refractivity contribution in [3.63, 3.8) is 0 Å². The number of rotatable bonds is 6. The first-order valence-corrected chi connectivity index (χ1v) is 8.34. The maximum atomic E-state index is 12.4. The molecule has 1 saturated heterocycles. The van der Waals surface area contributed by atoms with Crippen LogP contribution in [0.1, 0.15) is 36.3 Å². The van der Waals surface area contributed by atoms with Gasteiger partial charge in [-0.2, -0.15) is 0 Å². The highest BCUT2D eigenvalue weighted by molar-refractivity contribution is 7.89. The largest absolute Gasteiger partial charge is 0.465 e. The van der Waals surface area contributed by atoms with Crippen molar-refractivity contribution in [1.82, 2.24) is 4.72 Å². The van der Waals surface area contributed by atoms with Gasteiger partial charge in [0.25, 0.3) is 0 Å². The van der Waals surface area contributed by atoms with E-state index in [1.807, 2.05) is 0 Å². The summed E-state index contributed by atoms with van der Waals surface area (Å²) in [6.07, 6.45) is 2.90. The van der Waals surface area contributed by atoms with Crippen molar-refractivity contribution in [2.24, 2.45) is 5.73 Å². The van der Waals surface area contributed by atoms with Crippen molar-refractivity contribution >= 4 is 10.0 Å². The number of hydrogen-bond acceptors (Lipinski definition) is 5. The minimum atomic E-state index is -3.58. The molecule has 1 aliphatic heterocycles. The predicted octanol–water partition coefficient (Wildman–Crippen LogP) is 1.20. The quantitative estimate of drug-likeness (QED) is 0.823. The molecule has 6 nitrogen and oxygen atoms in total. The van der Waals surface area contributed by atoms with E-state index in [2.05, 4.69) is 4.72 Å². The van der Waals surface area contributed by atoms with Crippen LogP contribution >= 0.6 is 0 Å². The molecule has 7 heteroatoms. The summed E-state index contributed by atoms with van der Waals surface area (Å²) in [5.74, 6) is 0.942. The topological polar surface area (TPSA) is 94.6 Å². The van der Waals surface area contributed by atoms with E-state index in [0.29, 0.717) is 30.0 Å². The molecule has 0 spiro atoms. The molecule has 1 aromatic rings. The first-order chi connectivity index (χ1) is 9.45. The summed E-state index contributed by atoms with van der Waals surface area (Å²) < 4.78 is 38.2. The molecule has 1 fully saturated rings. The summed E-state index contributed by atoms with van der Waals surface area (Å²) in [7, 11) is -3.58. The third-order valence-electron chi connectivity index (χ3n) is 3.58. The number of hydrogen-bond donors (Lipinski definition) is 2. The summed E-state index contributed by atoms with van der Waals surface area (Å²) in [5, 5.41) is 0. The van der Waals surface area contributed by atoms with E-state index in [-0.39, 0.29) is 17.5 Å². The molecular formula is C13H22N2O4S. The second-order valence-corrected chi connectivity index (χ2v) is 6.75. The second-order valence-electron chi connectivity index (χ2n) is 5.05. The van der Waals surface area contributed by atoms with Gasteiger partial charge in [-0.05, 0) is 33.1 Å². The molecule has 20 heavy (non-hydrogen) atoms. The number of nitrogens with one attached hydrogen (secondary N) is 1. The van der Waals surface area contributed by atoms with Gasteiger partial charge in [-0.1, -0.05) is 0 Å². The normalized spacial score (nSPS) is 19.6. The zero-order valence-corrected chi connectivity index (χ0v) is 12.8. The van der Waals surface area contributed by atoms with E-state index in [1.165, 1.54) is 0 Å². The molecule has 3 N–H and O–H groups in total. The fourth-order valence-corrected chi connectivity index (χ4v) is 4.10. The second kappa shape index (κ2) is 6.26. The molecule has 0 aliphatic carbocycles. The van der Waals surface area contributed by atoms with Crippen LogP contribution < -0.4 is 10.5 Å². The van der Waals surface area contributed by atoms with Crippen molar-refractivity contribution in [3.8, 4) is 0 Å². The Bertz CT molecular complexity index is 559. The number of sulfonamides is 1. The molecule has 0 aromatic carbocycles.